The molecule has 256 valence electrons. The summed E-state index contributed by atoms with van der Waals surface area (Å²) in [6.45, 7) is 17.1. The fourth-order valence-corrected chi connectivity index (χ4v) is 7.91. The van der Waals surface area contributed by atoms with E-state index in [-0.39, 0.29) is 17.9 Å². The Balaban J connectivity index is 1.51. The van der Waals surface area contributed by atoms with Gasteiger partial charge >= 0.3 is 0 Å². The predicted molar refractivity (Wildman–Crippen MR) is 192 cm³/mol. The lowest BCUT2D eigenvalue weighted by atomic mass is 9.99. The number of allylic oxidation sites excluding steroid dienone is 1. The van der Waals surface area contributed by atoms with Crippen LogP contribution in [-0.4, -0.2) is 76.1 Å². The minimum Gasteiger partial charge on any atom is -0.348 e. The van der Waals surface area contributed by atoms with Gasteiger partial charge in [-0.05, 0) is 88.8 Å². The van der Waals surface area contributed by atoms with E-state index in [0.29, 0.717) is 57.1 Å². The number of amides is 1. The van der Waals surface area contributed by atoms with E-state index in [1.165, 1.54) is 3.97 Å². The number of anilines is 1. The first kappa shape index (κ1) is 35.0. The number of benzene rings is 1. The van der Waals surface area contributed by atoms with Gasteiger partial charge in [0.25, 0.3) is 11.5 Å². The second-order valence-corrected chi connectivity index (χ2v) is 15.0. The van der Waals surface area contributed by atoms with E-state index >= 15 is 0 Å². The molecule has 1 fully saturated rings. The van der Waals surface area contributed by atoms with Crippen molar-refractivity contribution in [3.63, 3.8) is 0 Å². The molecule has 0 saturated carbocycles. The molecule has 5 rings (SSSR count). The summed E-state index contributed by atoms with van der Waals surface area (Å²) in [5, 5.41) is 3.46. The van der Waals surface area contributed by atoms with Gasteiger partial charge in [-0.1, -0.05) is 12.5 Å². The van der Waals surface area contributed by atoms with Crippen molar-refractivity contribution < 1.29 is 13.2 Å². The molecule has 48 heavy (non-hydrogen) atoms. The fourth-order valence-electron chi connectivity index (χ4n) is 6.39. The number of H-pyrrole nitrogens is 1. The molecule has 0 aliphatic carbocycles. The second kappa shape index (κ2) is 14.9. The zero-order chi connectivity index (χ0) is 34.6. The van der Waals surface area contributed by atoms with Crippen molar-refractivity contribution in [2.75, 3.05) is 36.8 Å². The summed E-state index contributed by atoms with van der Waals surface area (Å²) in [4.78, 5) is 43.3. The maximum absolute atomic E-state index is 13.9. The standard InChI is InChI=1S/C36H47N7O4S/c1-7-8-9-10-11-16-48(46,47)43-23-26(5)33-30(34(44)37-22-31-25(4)17-27(6)40-35(31)45)18-28(19-32(33)43)29-20-38-36(39-21-29)42-14-12-41(13-15-42)24(2)3/h7,17-21,23-24H,1,8-16,22H2,2-6H3,(H,37,44)(H,40,45). The van der Waals surface area contributed by atoms with Crippen LogP contribution in [0.1, 0.15) is 72.3 Å². The molecular formula is C36H47N7O4S. The van der Waals surface area contributed by atoms with Gasteiger partial charge in [0.05, 0.1) is 11.3 Å². The van der Waals surface area contributed by atoms with E-state index in [1.54, 1.807) is 37.6 Å². The smallest absolute Gasteiger partial charge is 0.253 e. The Kier molecular flexibility index (Phi) is 10.8. The largest absolute Gasteiger partial charge is 0.348 e. The van der Waals surface area contributed by atoms with Crippen LogP contribution in [0.2, 0.25) is 0 Å². The lowest BCUT2D eigenvalue weighted by molar-refractivity contribution is 0.0952. The molecular weight excluding hydrogens is 627 g/mol. The number of nitrogens with zero attached hydrogens (tertiary/aromatic N) is 5. The fraction of sp³-hybridized carbons (Fsp3) is 0.444. The van der Waals surface area contributed by atoms with Crippen LogP contribution in [0.15, 0.2) is 54.2 Å². The molecule has 1 amide bonds. The van der Waals surface area contributed by atoms with Crippen molar-refractivity contribution in [2.45, 2.75) is 72.9 Å². The number of pyridine rings is 1. The van der Waals surface area contributed by atoms with Crippen LogP contribution < -0.4 is 15.8 Å². The third-order valence-electron chi connectivity index (χ3n) is 9.13. The van der Waals surface area contributed by atoms with Crippen LogP contribution in [0.25, 0.3) is 22.0 Å². The van der Waals surface area contributed by atoms with Gasteiger partial charge in [-0.25, -0.2) is 22.4 Å². The Morgan fingerprint density at radius 2 is 1.71 bits per heavy atom. The zero-order valence-electron chi connectivity index (χ0n) is 28.7. The molecule has 1 aliphatic rings. The Morgan fingerprint density at radius 3 is 2.35 bits per heavy atom. The summed E-state index contributed by atoms with van der Waals surface area (Å²) in [6.07, 6.45) is 9.90. The van der Waals surface area contributed by atoms with E-state index in [2.05, 4.69) is 50.5 Å². The number of hydrogen-bond donors (Lipinski definition) is 2. The Hall–Kier alpha value is -4.29. The van der Waals surface area contributed by atoms with Crippen LogP contribution in [-0.2, 0) is 16.6 Å². The van der Waals surface area contributed by atoms with Crippen molar-refractivity contribution >= 4 is 32.8 Å². The molecule has 0 atom stereocenters. The number of aromatic nitrogens is 4. The number of aromatic amines is 1. The first-order valence-corrected chi connectivity index (χ1v) is 18.3. The van der Waals surface area contributed by atoms with Crippen molar-refractivity contribution in [3.8, 4) is 11.1 Å². The maximum Gasteiger partial charge on any atom is 0.253 e. The molecule has 3 aromatic heterocycles. The molecule has 12 heteroatoms. The number of unbranched alkanes of at least 4 members (excludes halogenated alkanes) is 3. The molecule has 0 unspecified atom stereocenters. The highest BCUT2D eigenvalue weighted by Crippen LogP contribution is 2.32. The van der Waals surface area contributed by atoms with Crippen molar-refractivity contribution in [2.24, 2.45) is 0 Å². The zero-order valence-corrected chi connectivity index (χ0v) is 29.5. The van der Waals surface area contributed by atoms with E-state index in [4.69, 9.17) is 0 Å². The van der Waals surface area contributed by atoms with E-state index in [9.17, 15) is 18.0 Å². The number of fused-ring (bicyclic) bond motifs is 1. The average Bonchev–Trinajstić information content (AvgIpc) is 3.40. The summed E-state index contributed by atoms with van der Waals surface area (Å²) in [5.41, 5.74) is 4.40. The summed E-state index contributed by atoms with van der Waals surface area (Å²) < 4.78 is 28.7. The van der Waals surface area contributed by atoms with E-state index < -0.39 is 15.9 Å². The van der Waals surface area contributed by atoms with Gasteiger partial charge in [0.15, 0.2) is 0 Å². The van der Waals surface area contributed by atoms with E-state index in [0.717, 1.165) is 56.7 Å². The summed E-state index contributed by atoms with van der Waals surface area (Å²) in [6, 6.07) is 5.90. The molecule has 1 aliphatic heterocycles. The Bertz CT molecular complexity index is 1950. The predicted octanol–water partition coefficient (Wildman–Crippen LogP) is 5.10. The topological polar surface area (TPSA) is 133 Å². The molecule has 0 radical (unpaired) electrons. The lowest BCUT2D eigenvalue weighted by Crippen LogP contribution is -2.49. The second-order valence-electron chi connectivity index (χ2n) is 13.0. The SMILES string of the molecule is C=CCCCCCS(=O)(=O)n1cc(C)c2c(C(=O)NCc3c(C)cc(C)[nH]c3=O)cc(-c3cnc(N4CCN(C(C)C)CC4)nc3)cc21. The molecule has 4 heterocycles. The minimum atomic E-state index is -3.73. The highest BCUT2D eigenvalue weighted by molar-refractivity contribution is 7.90. The van der Waals surface area contributed by atoms with Gasteiger partial charge in [-0.2, -0.15) is 0 Å². The number of piperazine rings is 1. The molecule has 4 aromatic rings. The van der Waals surface area contributed by atoms with Gasteiger partial charge in [0, 0.05) is 85.1 Å². The van der Waals surface area contributed by atoms with Gasteiger partial charge in [-0.3, -0.25) is 14.5 Å². The van der Waals surface area contributed by atoms with Crippen LogP contribution in [0.4, 0.5) is 5.95 Å². The van der Waals surface area contributed by atoms with Crippen molar-refractivity contribution in [1.82, 2.24) is 29.1 Å². The van der Waals surface area contributed by atoms with Crippen LogP contribution in [0.3, 0.4) is 0 Å². The molecule has 0 spiro atoms. The number of carbonyl (C=O) groups is 1. The van der Waals surface area contributed by atoms with Gasteiger partial charge in [0.2, 0.25) is 16.0 Å². The molecule has 11 nitrogen and oxygen atoms in total. The third kappa shape index (κ3) is 7.71. The monoisotopic (exact) mass is 673 g/mol. The first-order chi connectivity index (χ1) is 22.9. The van der Waals surface area contributed by atoms with Crippen LogP contribution in [0.5, 0.6) is 0 Å². The van der Waals surface area contributed by atoms with E-state index in [1.807, 2.05) is 26.0 Å². The van der Waals surface area contributed by atoms with Crippen molar-refractivity contribution in [1.29, 1.82) is 0 Å². The average molecular weight is 674 g/mol. The van der Waals surface area contributed by atoms with Gasteiger partial charge < -0.3 is 15.2 Å². The highest BCUT2D eigenvalue weighted by Gasteiger charge is 2.24. The van der Waals surface area contributed by atoms with Gasteiger partial charge in [-0.15, -0.1) is 6.58 Å². The minimum absolute atomic E-state index is 0.0174. The summed E-state index contributed by atoms with van der Waals surface area (Å²) >= 11 is 0. The van der Waals surface area contributed by atoms with Crippen LogP contribution in [0, 0.1) is 20.8 Å². The van der Waals surface area contributed by atoms with Gasteiger partial charge in [0.1, 0.15) is 0 Å². The molecule has 0 bridgehead atoms. The molecule has 1 aromatic carbocycles. The number of rotatable bonds is 13. The summed E-state index contributed by atoms with van der Waals surface area (Å²) in [5.74, 6) is 0.207. The number of nitrogens with one attached hydrogen (secondary N) is 2. The lowest BCUT2D eigenvalue weighted by Gasteiger charge is -2.36. The Morgan fingerprint density at radius 1 is 1.00 bits per heavy atom. The summed E-state index contributed by atoms with van der Waals surface area (Å²) in [7, 11) is -3.73. The normalized spacial score (nSPS) is 14.2. The Labute approximate surface area is 283 Å². The van der Waals surface area contributed by atoms with Crippen LogP contribution >= 0.6 is 0 Å². The number of carbonyl (C=O) groups excluding carboxylic acids is 1. The third-order valence-corrected chi connectivity index (χ3v) is 10.8. The number of aryl methyl sites for hydroxylation is 3. The molecule has 1 saturated heterocycles. The quantitative estimate of drug-likeness (QED) is 0.148. The maximum atomic E-state index is 13.9. The number of hydrogen-bond acceptors (Lipinski definition) is 8. The first-order valence-electron chi connectivity index (χ1n) is 16.7. The molecule has 2 N–H and O–H groups in total. The van der Waals surface area contributed by atoms with Crippen molar-refractivity contribution in [3.05, 3.63) is 87.7 Å². The highest BCUT2D eigenvalue weighted by atomic mass is 32.2.